The second-order valence-electron chi connectivity index (χ2n) is 17.1. The van der Waals surface area contributed by atoms with Crippen molar-refractivity contribution in [3.05, 3.63) is 12.7 Å². The minimum Gasteiger partial charge on any atom is -0.346 e. The molecular formula is C37H60N6O7S. The molecule has 0 aromatic carbocycles. The van der Waals surface area contributed by atoms with Gasteiger partial charge in [0.2, 0.25) is 27.6 Å². The molecule has 1 aliphatic carbocycles. The molecule has 3 aliphatic rings. The van der Waals surface area contributed by atoms with Crippen molar-refractivity contribution in [2.45, 2.75) is 118 Å². The highest BCUT2D eigenvalue weighted by Crippen LogP contribution is 2.38. The molecule has 2 aliphatic heterocycles. The Labute approximate surface area is 304 Å². The van der Waals surface area contributed by atoms with Crippen molar-refractivity contribution in [1.29, 1.82) is 0 Å². The zero-order chi connectivity index (χ0) is 38.5. The highest BCUT2D eigenvalue weighted by molar-refractivity contribution is 7.89. The van der Waals surface area contributed by atoms with Gasteiger partial charge in [0.15, 0.2) is 0 Å². The van der Waals surface area contributed by atoms with Crippen LogP contribution in [0.5, 0.6) is 0 Å². The summed E-state index contributed by atoms with van der Waals surface area (Å²) < 4.78 is 26.5. The highest BCUT2D eigenvalue weighted by atomic mass is 32.2. The number of hydrogen-bond acceptors (Lipinski definition) is 7. The lowest BCUT2D eigenvalue weighted by Crippen LogP contribution is -2.62. The van der Waals surface area contributed by atoms with E-state index in [4.69, 9.17) is 6.42 Å². The molecule has 13 nitrogen and oxygen atoms in total. The molecule has 2 saturated heterocycles. The Morgan fingerprint density at radius 1 is 0.961 bits per heavy atom. The standard InChI is InChI=1S/C37H60N6O7S/c1-11-17-38-32(46)29(44)26(20-24-15-13-16-24)39-31(45)27-21-25(37(9,10)12-2)22-43(27)33(47)30(36(6,7)8)41-34(48)40-28(35(3,4)5)23-42-18-14-19-51(42,49)50/h2,11,24-28,30H,1,13-23H2,3-10H3,(H,38,46)(H,39,45)(H2,40,41,48)/t25-,26?,27+,28-,30-/m1/s1. The van der Waals surface area contributed by atoms with Crippen LogP contribution in [0.1, 0.15) is 93.9 Å². The minimum absolute atomic E-state index is 0.0662. The van der Waals surface area contributed by atoms with Gasteiger partial charge >= 0.3 is 6.03 Å². The van der Waals surface area contributed by atoms with Crippen molar-refractivity contribution in [1.82, 2.24) is 30.5 Å². The van der Waals surface area contributed by atoms with Gasteiger partial charge in [-0.15, -0.1) is 18.9 Å². The van der Waals surface area contributed by atoms with Gasteiger partial charge in [-0.3, -0.25) is 19.2 Å². The molecule has 51 heavy (non-hydrogen) atoms. The van der Waals surface area contributed by atoms with Gasteiger partial charge in [0, 0.05) is 37.6 Å². The molecule has 3 fully saturated rings. The van der Waals surface area contributed by atoms with Gasteiger partial charge in [-0.2, -0.15) is 4.31 Å². The third-order valence-corrected chi connectivity index (χ3v) is 12.6. The van der Waals surface area contributed by atoms with Crippen LogP contribution in [0.15, 0.2) is 12.7 Å². The van der Waals surface area contributed by atoms with Crippen molar-refractivity contribution in [3.63, 3.8) is 0 Å². The number of hydrogen-bond donors (Lipinski definition) is 4. The maximum absolute atomic E-state index is 14.6. The van der Waals surface area contributed by atoms with E-state index in [1.165, 1.54) is 15.3 Å². The number of Topliss-reactive ketones (excluding diaryl/α,β-unsaturated/α-hetero) is 1. The molecule has 14 heteroatoms. The lowest BCUT2D eigenvalue weighted by molar-refractivity contribution is -0.144. The molecule has 0 bridgehead atoms. The topological polar surface area (TPSA) is 174 Å². The van der Waals surface area contributed by atoms with Gasteiger partial charge < -0.3 is 26.2 Å². The summed E-state index contributed by atoms with van der Waals surface area (Å²) in [7, 11) is -3.41. The van der Waals surface area contributed by atoms with Crippen LogP contribution in [0, 0.1) is 40.4 Å². The van der Waals surface area contributed by atoms with Crippen molar-refractivity contribution < 1.29 is 32.4 Å². The van der Waals surface area contributed by atoms with E-state index in [1.54, 1.807) is 20.8 Å². The third-order valence-electron chi connectivity index (χ3n) is 10.7. The van der Waals surface area contributed by atoms with Gasteiger partial charge in [0.05, 0.1) is 11.8 Å². The molecule has 1 saturated carbocycles. The number of terminal acetylenes is 1. The Bertz CT molecular complexity index is 1490. The van der Waals surface area contributed by atoms with E-state index in [-0.39, 0.29) is 43.6 Å². The summed E-state index contributed by atoms with van der Waals surface area (Å²) in [6.45, 7) is 19.1. The van der Waals surface area contributed by atoms with Crippen molar-refractivity contribution in [2.75, 3.05) is 31.9 Å². The molecule has 5 atom stereocenters. The van der Waals surface area contributed by atoms with Gasteiger partial charge in [-0.25, -0.2) is 13.2 Å². The van der Waals surface area contributed by atoms with E-state index in [0.29, 0.717) is 19.4 Å². The zero-order valence-corrected chi connectivity index (χ0v) is 32.6. The number of rotatable bonds is 14. The summed E-state index contributed by atoms with van der Waals surface area (Å²) in [6, 6.07) is -4.38. The summed E-state index contributed by atoms with van der Waals surface area (Å²) in [6.07, 6.45) is 11.2. The number of ketones is 1. The monoisotopic (exact) mass is 732 g/mol. The van der Waals surface area contributed by atoms with E-state index in [9.17, 15) is 32.4 Å². The number of carbonyl (C=O) groups excluding carboxylic acids is 5. The van der Waals surface area contributed by atoms with Gasteiger partial charge in [-0.05, 0) is 55.8 Å². The molecule has 0 aromatic rings. The Balaban J connectivity index is 1.88. The molecule has 4 N–H and O–H groups in total. The summed E-state index contributed by atoms with van der Waals surface area (Å²) >= 11 is 0. The quantitative estimate of drug-likeness (QED) is 0.121. The van der Waals surface area contributed by atoms with Crippen LogP contribution in [0.4, 0.5) is 4.79 Å². The SMILES string of the molecule is C#CC(C)(C)[C@@H]1C[C@@H](C(=O)NC(CC2CCC2)C(=O)C(=O)NCC=C)N(C(=O)[C@@H](NC(=O)N[C@H](CN2CCCS2(=O)=O)C(C)(C)C)C(C)(C)C)C1. The summed E-state index contributed by atoms with van der Waals surface area (Å²) in [5.41, 5.74) is -2.01. The number of carbonyl (C=O) groups is 5. The zero-order valence-electron chi connectivity index (χ0n) is 31.8. The first kappa shape index (κ1) is 42.0. The summed E-state index contributed by atoms with van der Waals surface area (Å²) in [4.78, 5) is 69.7. The van der Waals surface area contributed by atoms with Crippen LogP contribution < -0.4 is 21.3 Å². The molecule has 2 heterocycles. The Morgan fingerprint density at radius 3 is 2.10 bits per heavy atom. The first-order valence-electron chi connectivity index (χ1n) is 18.1. The van der Waals surface area contributed by atoms with Crippen molar-refractivity contribution in [2.24, 2.45) is 28.1 Å². The van der Waals surface area contributed by atoms with E-state index >= 15 is 0 Å². The van der Waals surface area contributed by atoms with Crippen LogP contribution in [-0.2, 0) is 29.2 Å². The number of amides is 5. The Morgan fingerprint density at radius 2 is 1.61 bits per heavy atom. The number of urea groups is 1. The smallest absolute Gasteiger partial charge is 0.315 e. The van der Waals surface area contributed by atoms with E-state index < -0.39 is 80.0 Å². The molecule has 0 radical (unpaired) electrons. The Kier molecular flexibility index (Phi) is 13.6. The highest BCUT2D eigenvalue weighted by Gasteiger charge is 2.49. The van der Waals surface area contributed by atoms with Crippen molar-refractivity contribution in [3.8, 4) is 12.3 Å². The lowest BCUT2D eigenvalue weighted by atomic mass is 9.78. The largest absolute Gasteiger partial charge is 0.346 e. The normalized spacial score (nSPS) is 22.8. The first-order valence-corrected chi connectivity index (χ1v) is 19.7. The number of sulfonamides is 1. The van der Waals surface area contributed by atoms with Crippen LogP contribution in [-0.4, -0.2) is 103 Å². The number of nitrogens with one attached hydrogen (secondary N) is 4. The average molecular weight is 733 g/mol. The Hall–Kier alpha value is -3.44. The van der Waals surface area contributed by atoms with Crippen molar-refractivity contribution >= 4 is 39.6 Å². The molecule has 5 amide bonds. The molecule has 0 aromatic heterocycles. The van der Waals surface area contributed by atoms with Crippen LogP contribution in [0.3, 0.4) is 0 Å². The summed E-state index contributed by atoms with van der Waals surface area (Å²) in [5.74, 6) is 0.140. The maximum atomic E-state index is 14.6. The second-order valence-corrected chi connectivity index (χ2v) is 19.2. The number of likely N-dealkylation sites (tertiary alicyclic amines) is 1. The second kappa shape index (κ2) is 16.5. The number of nitrogens with zero attached hydrogens (tertiary/aromatic N) is 2. The van der Waals surface area contributed by atoms with Gasteiger partial charge in [0.25, 0.3) is 5.91 Å². The predicted molar refractivity (Wildman–Crippen MR) is 196 cm³/mol. The fraction of sp³-hybridized carbons (Fsp3) is 0.757. The van der Waals surface area contributed by atoms with Gasteiger partial charge in [0.1, 0.15) is 12.1 Å². The molecule has 0 spiro atoms. The maximum Gasteiger partial charge on any atom is 0.315 e. The van der Waals surface area contributed by atoms with E-state index in [1.807, 2.05) is 34.6 Å². The van der Waals surface area contributed by atoms with E-state index in [2.05, 4.69) is 33.8 Å². The average Bonchev–Trinajstić information content (AvgIpc) is 3.61. The summed E-state index contributed by atoms with van der Waals surface area (Å²) in [5, 5.41) is 11.1. The van der Waals surface area contributed by atoms with Crippen LogP contribution in [0.25, 0.3) is 0 Å². The fourth-order valence-electron chi connectivity index (χ4n) is 6.72. The molecule has 1 unspecified atom stereocenters. The van der Waals surface area contributed by atoms with E-state index in [0.717, 1.165) is 19.3 Å². The molecular weight excluding hydrogens is 673 g/mol. The minimum atomic E-state index is -3.41. The van der Waals surface area contributed by atoms with Crippen LogP contribution >= 0.6 is 0 Å². The van der Waals surface area contributed by atoms with Gasteiger partial charge in [-0.1, -0.05) is 66.9 Å². The molecule has 286 valence electrons. The lowest BCUT2D eigenvalue weighted by Gasteiger charge is -2.38. The predicted octanol–water partition coefficient (Wildman–Crippen LogP) is 2.57. The third kappa shape index (κ3) is 10.8. The molecule has 3 rings (SSSR count). The first-order chi connectivity index (χ1) is 23.5. The van der Waals surface area contributed by atoms with Crippen LogP contribution in [0.2, 0.25) is 0 Å². The fourth-order valence-corrected chi connectivity index (χ4v) is 8.26.